The van der Waals surface area contributed by atoms with Crippen molar-refractivity contribution in [2.75, 3.05) is 7.11 Å². The highest BCUT2D eigenvalue weighted by Gasteiger charge is 2.22. The third kappa shape index (κ3) is 2.26. The Morgan fingerprint density at radius 2 is 2.24 bits per heavy atom. The molecule has 7 heteroatoms. The van der Waals surface area contributed by atoms with Gasteiger partial charge in [-0.25, -0.2) is 9.98 Å². The number of methoxy groups -OCH3 is 1. The molecule has 3 rings (SSSR count). The van der Waals surface area contributed by atoms with Gasteiger partial charge >= 0.3 is 0 Å². The average molecular weight is 286 g/mol. The Balaban J connectivity index is 2.01. The summed E-state index contributed by atoms with van der Waals surface area (Å²) in [6, 6.07) is 4.70. The Hall–Kier alpha value is -2.70. The molecule has 0 N–H and O–H groups in total. The van der Waals surface area contributed by atoms with Crippen LogP contribution in [-0.4, -0.2) is 27.8 Å². The summed E-state index contributed by atoms with van der Waals surface area (Å²) in [7, 11) is 1.59. The molecule has 0 bridgehead atoms. The molecule has 21 heavy (non-hydrogen) atoms. The SMILES string of the molecule is COC1=CC(C)C(n2cnc3cc([N+](=O)[O-])ccc32)C=N1. The maximum absolute atomic E-state index is 10.8. The van der Waals surface area contributed by atoms with Crippen LogP contribution in [0.4, 0.5) is 5.69 Å². The lowest BCUT2D eigenvalue weighted by atomic mass is 10.0. The van der Waals surface area contributed by atoms with Crippen molar-refractivity contribution in [3.05, 3.63) is 46.6 Å². The Morgan fingerprint density at radius 3 is 2.90 bits per heavy atom. The molecule has 7 nitrogen and oxygen atoms in total. The molecule has 0 fully saturated rings. The average Bonchev–Trinajstić information content (AvgIpc) is 2.89. The second kappa shape index (κ2) is 5.01. The highest BCUT2D eigenvalue weighted by Crippen LogP contribution is 2.28. The number of hydrogen-bond acceptors (Lipinski definition) is 5. The minimum Gasteiger partial charge on any atom is -0.481 e. The fraction of sp³-hybridized carbons (Fsp3) is 0.286. The number of aliphatic imine (C=N–C) groups is 1. The zero-order valence-electron chi connectivity index (χ0n) is 11.6. The van der Waals surface area contributed by atoms with E-state index in [2.05, 4.69) is 16.9 Å². The van der Waals surface area contributed by atoms with Crippen LogP contribution in [0.25, 0.3) is 11.0 Å². The summed E-state index contributed by atoms with van der Waals surface area (Å²) in [5, 5.41) is 10.8. The van der Waals surface area contributed by atoms with Crippen LogP contribution in [0.15, 0.2) is 41.5 Å². The zero-order valence-corrected chi connectivity index (χ0v) is 11.6. The lowest BCUT2D eigenvalue weighted by Crippen LogP contribution is -2.20. The first-order valence-corrected chi connectivity index (χ1v) is 6.51. The predicted molar refractivity (Wildman–Crippen MR) is 78.2 cm³/mol. The smallest absolute Gasteiger partial charge is 0.271 e. The summed E-state index contributed by atoms with van der Waals surface area (Å²) >= 11 is 0. The molecule has 2 heterocycles. The van der Waals surface area contributed by atoms with Gasteiger partial charge in [0, 0.05) is 24.3 Å². The van der Waals surface area contributed by atoms with Crippen LogP contribution in [0.3, 0.4) is 0 Å². The number of aromatic nitrogens is 2. The second-order valence-electron chi connectivity index (χ2n) is 4.92. The molecule has 2 atom stereocenters. The van der Waals surface area contributed by atoms with E-state index in [1.165, 1.54) is 12.1 Å². The number of nitro groups is 1. The van der Waals surface area contributed by atoms with Crippen LogP contribution in [0.5, 0.6) is 0 Å². The van der Waals surface area contributed by atoms with E-state index in [-0.39, 0.29) is 17.6 Å². The van der Waals surface area contributed by atoms with Crippen molar-refractivity contribution in [3.8, 4) is 0 Å². The number of non-ortho nitro benzene ring substituents is 1. The first-order valence-electron chi connectivity index (χ1n) is 6.51. The number of nitro benzene ring substituents is 1. The number of hydrogen-bond donors (Lipinski definition) is 0. The van der Waals surface area contributed by atoms with Gasteiger partial charge in [-0.15, -0.1) is 0 Å². The van der Waals surface area contributed by atoms with Crippen molar-refractivity contribution in [1.29, 1.82) is 0 Å². The molecule has 0 aliphatic carbocycles. The topological polar surface area (TPSA) is 82.5 Å². The fourth-order valence-corrected chi connectivity index (χ4v) is 2.47. The quantitative estimate of drug-likeness (QED) is 0.641. The zero-order chi connectivity index (χ0) is 15.0. The van der Waals surface area contributed by atoms with Gasteiger partial charge in [0.1, 0.15) is 0 Å². The monoisotopic (exact) mass is 286 g/mol. The van der Waals surface area contributed by atoms with E-state index >= 15 is 0 Å². The molecule has 108 valence electrons. The number of nitrogens with zero attached hydrogens (tertiary/aromatic N) is 4. The van der Waals surface area contributed by atoms with E-state index in [1.807, 2.05) is 16.9 Å². The molecular weight excluding hydrogens is 272 g/mol. The third-order valence-electron chi connectivity index (χ3n) is 3.60. The number of ether oxygens (including phenoxy) is 1. The van der Waals surface area contributed by atoms with Crippen molar-refractivity contribution in [3.63, 3.8) is 0 Å². The van der Waals surface area contributed by atoms with Crippen LogP contribution >= 0.6 is 0 Å². The molecular formula is C14H14N4O3. The van der Waals surface area contributed by atoms with Crippen LogP contribution in [0.2, 0.25) is 0 Å². The van der Waals surface area contributed by atoms with Crippen molar-refractivity contribution in [1.82, 2.24) is 9.55 Å². The highest BCUT2D eigenvalue weighted by atomic mass is 16.6. The van der Waals surface area contributed by atoms with E-state index in [4.69, 9.17) is 4.74 Å². The van der Waals surface area contributed by atoms with E-state index in [0.717, 1.165) is 5.52 Å². The van der Waals surface area contributed by atoms with Crippen molar-refractivity contribution in [2.24, 2.45) is 10.9 Å². The summed E-state index contributed by atoms with van der Waals surface area (Å²) in [5.74, 6) is 0.781. The van der Waals surface area contributed by atoms with E-state index in [0.29, 0.717) is 11.4 Å². The third-order valence-corrected chi connectivity index (χ3v) is 3.60. The fourth-order valence-electron chi connectivity index (χ4n) is 2.47. The molecule has 1 aliphatic rings. The minimum atomic E-state index is -0.420. The van der Waals surface area contributed by atoms with Crippen LogP contribution in [0, 0.1) is 16.0 Å². The molecule has 0 saturated heterocycles. The summed E-state index contributed by atoms with van der Waals surface area (Å²) in [5.41, 5.74) is 1.49. The number of imidazole rings is 1. The molecule has 1 aromatic heterocycles. The van der Waals surface area contributed by atoms with Crippen LogP contribution < -0.4 is 0 Å². The van der Waals surface area contributed by atoms with E-state index in [1.54, 1.807) is 19.5 Å². The minimum absolute atomic E-state index is 0.00959. The van der Waals surface area contributed by atoms with Gasteiger partial charge in [0.2, 0.25) is 5.88 Å². The Bertz CT molecular complexity index is 763. The molecule has 0 radical (unpaired) electrons. The molecule has 0 spiro atoms. The normalized spacial score (nSPS) is 21.3. The van der Waals surface area contributed by atoms with Gasteiger partial charge in [0.15, 0.2) is 0 Å². The lowest BCUT2D eigenvalue weighted by Gasteiger charge is -2.23. The van der Waals surface area contributed by atoms with Crippen molar-refractivity contribution >= 4 is 22.9 Å². The van der Waals surface area contributed by atoms with Crippen LogP contribution in [0.1, 0.15) is 13.0 Å². The summed E-state index contributed by atoms with van der Waals surface area (Å²) < 4.78 is 7.09. The first kappa shape index (κ1) is 13.3. The van der Waals surface area contributed by atoms with Gasteiger partial charge in [0.05, 0.1) is 35.4 Å². The lowest BCUT2D eigenvalue weighted by molar-refractivity contribution is -0.384. The Labute approximate surface area is 120 Å². The van der Waals surface area contributed by atoms with Crippen LogP contribution in [-0.2, 0) is 4.74 Å². The van der Waals surface area contributed by atoms with Crippen molar-refractivity contribution in [2.45, 2.75) is 13.0 Å². The highest BCUT2D eigenvalue weighted by molar-refractivity contribution is 5.80. The molecule has 2 unspecified atom stereocenters. The van der Waals surface area contributed by atoms with Gasteiger partial charge in [-0.1, -0.05) is 6.92 Å². The standard InChI is InChI=1S/C14H14N4O3/c1-9-5-14(21-2)15-7-13(9)17-8-16-11-6-10(18(19)20)3-4-12(11)17/h3-9,13H,1-2H3. The number of allylic oxidation sites excluding steroid dienone is 1. The van der Waals surface area contributed by atoms with E-state index in [9.17, 15) is 10.1 Å². The van der Waals surface area contributed by atoms with Gasteiger partial charge in [-0.3, -0.25) is 10.1 Å². The number of benzene rings is 1. The first-order chi connectivity index (χ1) is 10.1. The van der Waals surface area contributed by atoms with Gasteiger partial charge in [-0.2, -0.15) is 0 Å². The van der Waals surface area contributed by atoms with Crippen molar-refractivity contribution < 1.29 is 9.66 Å². The molecule has 1 aliphatic heterocycles. The summed E-state index contributed by atoms with van der Waals surface area (Å²) in [4.78, 5) is 18.9. The van der Waals surface area contributed by atoms with Gasteiger partial charge in [0.25, 0.3) is 5.69 Å². The summed E-state index contributed by atoms with van der Waals surface area (Å²) in [6.45, 7) is 2.06. The second-order valence-corrected chi connectivity index (χ2v) is 4.92. The predicted octanol–water partition coefficient (Wildman–Crippen LogP) is 2.69. The van der Waals surface area contributed by atoms with Gasteiger partial charge in [-0.05, 0) is 12.1 Å². The maximum Gasteiger partial charge on any atom is 0.271 e. The van der Waals surface area contributed by atoms with E-state index < -0.39 is 4.92 Å². The Kier molecular flexibility index (Phi) is 3.17. The molecule has 2 aromatic rings. The largest absolute Gasteiger partial charge is 0.481 e. The molecule has 0 saturated carbocycles. The molecule has 1 aromatic carbocycles. The Morgan fingerprint density at radius 1 is 1.43 bits per heavy atom. The molecule has 0 amide bonds. The van der Waals surface area contributed by atoms with Gasteiger partial charge < -0.3 is 9.30 Å². The number of fused-ring (bicyclic) bond motifs is 1. The maximum atomic E-state index is 10.8. The summed E-state index contributed by atoms with van der Waals surface area (Å²) in [6.07, 6.45) is 5.45. The number of rotatable bonds is 3.